The summed E-state index contributed by atoms with van der Waals surface area (Å²) in [5.74, 6) is 0.207. The normalized spacial score (nSPS) is 10.8. The highest BCUT2D eigenvalue weighted by atomic mass is 79.9. The number of hydrogen-bond donors (Lipinski definition) is 1. The number of benzene rings is 2. The third-order valence-electron chi connectivity index (χ3n) is 3.40. The van der Waals surface area contributed by atoms with E-state index >= 15 is 0 Å². The molecule has 0 aliphatic rings. The maximum Gasteiger partial charge on any atom is 0.261 e. The lowest BCUT2D eigenvalue weighted by Gasteiger charge is -2.07. The number of ether oxygens (including phenoxy) is 1. The Kier molecular flexibility index (Phi) is 6.59. The molecule has 0 saturated carbocycles. The van der Waals surface area contributed by atoms with Crippen LogP contribution in [-0.2, 0) is 11.2 Å². The Labute approximate surface area is 149 Å². The van der Waals surface area contributed by atoms with Crippen molar-refractivity contribution in [1.29, 1.82) is 5.26 Å². The van der Waals surface area contributed by atoms with Crippen LogP contribution < -0.4 is 10.1 Å². The minimum Gasteiger partial charge on any atom is -0.496 e. The molecule has 24 heavy (non-hydrogen) atoms. The molecule has 2 aromatic rings. The largest absolute Gasteiger partial charge is 0.496 e. The summed E-state index contributed by atoms with van der Waals surface area (Å²) in [5.41, 5.74) is 1.84. The van der Waals surface area contributed by atoms with Gasteiger partial charge in [0.05, 0.1) is 7.11 Å². The molecule has 0 unspecified atom stereocenters. The maximum absolute atomic E-state index is 12.2. The molecule has 0 bridgehead atoms. The summed E-state index contributed by atoms with van der Waals surface area (Å²) in [6.07, 6.45) is 2.24. The molecule has 0 aliphatic heterocycles. The number of hydrogen-bond acceptors (Lipinski definition) is 3. The second-order valence-electron chi connectivity index (χ2n) is 5.05. The number of nitriles is 1. The van der Waals surface area contributed by atoms with Crippen LogP contribution in [0.5, 0.6) is 5.75 Å². The topological polar surface area (TPSA) is 62.1 Å². The number of carbonyl (C=O) groups excluding carboxylic acids is 1. The number of methoxy groups -OCH3 is 1. The second-order valence-corrected chi connectivity index (χ2v) is 5.96. The third kappa shape index (κ3) is 4.97. The molecule has 4 nitrogen and oxygen atoms in total. The zero-order valence-corrected chi connectivity index (χ0v) is 14.8. The van der Waals surface area contributed by atoms with Crippen molar-refractivity contribution in [2.24, 2.45) is 0 Å². The van der Waals surface area contributed by atoms with Crippen molar-refractivity contribution in [3.8, 4) is 11.8 Å². The molecular weight excluding hydrogens is 368 g/mol. The lowest BCUT2D eigenvalue weighted by Crippen LogP contribution is -2.26. The van der Waals surface area contributed by atoms with E-state index < -0.39 is 5.91 Å². The summed E-state index contributed by atoms with van der Waals surface area (Å²) in [6.45, 7) is 0.470. The molecule has 0 aromatic heterocycles. The van der Waals surface area contributed by atoms with Gasteiger partial charge in [0.25, 0.3) is 5.91 Å². The van der Waals surface area contributed by atoms with Crippen LogP contribution in [0.15, 0.2) is 58.6 Å². The third-order valence-corrected chi connectivity index (χ3v) is 3.89. The van der Waals surface area contributed by atoms with Gasteiger partial charge in [0, 0.05) is 16.6 Å². The molecule has 0 heterocycles. The fourth-order valence-electron chi connectivity index (χ4n) is 2.18. The summed E-state index contributed by atoms with van der Waals surface area (Å²) in [6, 6.07) is 17.2. The first-order valence-electron chi connectivity index (χ1n) is 7.41. The van der Waals surface area contributed by atoms with Gasteiger partial charge in [-0.3, -0.25) is 4.79 Å². The van der Waals surface area contributed by atoms with Crippen LogP contribution in [-0.4, -0.2) is 19.6 Å². The van der Waals surface area contributed by atoms with Gasteiger partial charge in [0.15, 0.2) is 0 Å². The molecule has 0 atom stereocenters. The molecule has 2 aromatic carbocycles. The van der Waals surface area contributed by atoms with Crippen LogP contribution in [0.1, 0.15) is 11.1 Å². The predicted molar refractivity (Wildman–Crippen MR) is 97.4 cm³/mol. The molecule has 122 valence electrons. The van der Waals surface area contributed by atoms with E-state index in [0.717, 1.165) is 10.0 Å². The van der Waals surface area contributed by atoms with E-state index in [0.29, 0.717) is 24.3 Å². The minimum atomic E-state index is -0.393. The van der Waals surface area contributed by atoms with Crippen LogP contribution in [0.4, 0.5) is 0 Å². The first kappa shape index (κ1) is 17.8. The Balaban J connectivity index is 2.06. The molecule has 0 fully saturated rings. The summed E-state index contributed by atoms with van der Waals surface area (Å²) < 4.78 is 6.10. The second kappa shape index (κ2) is 8.90. The molecule has 0 aliphatic carbocycles. The number of rotatable bonds is 6. The van der Waals surface area contributed by atoms with Crippen molar-refractivity contribution in [3.05, 3.63) is 69.7 Å². The van der Waals surface area contributed by atoms with Crippen molar-refractivity contribution in [3.63, 3.8) is 0 Å². The number of nitrogens with zero attached hydrogens (tertiary/aromatic N) is 1. The smallest absolute Gasteiger partial charge is 0.261 e. The van der Waals surface area contributed by atoms with Crippen molar-refractivity contribution in [2.75, 3.05) is 13.7 Å². The minimum absolute atomic E-state index is 0.0412. The Morgan fingerprint density at radius 1 is 1.29 bits per heavy atom. The van der Waals surface area contributed by atoms with E-state index in [4.69, 9.17) is 4.74 Å². The van der Waals surface area contributed by atoms with Gasteiger partial charge in [-0.2, -0.15) is 5.26 Å². The molecule has 1 amide bonds. The van der Waals surface area contributed by atoms with Crippen LogP contribution in [0.2, 0.25) is 0 Å². The summed E-state index contributed by atoms with van der Waals surface area (Å²) in [7, 11) is 1.55. The zero-order valence-electron chi connectivity index (χ0n) is 13.3. The SMILES string of the molecule is COc1ccc(Br)cc1C=C(C#N)C(=O)NCCc1ccccc1. The van der Waals surface area contributed by atoms with Crippen LogP contribution >= 0.6 is 15.9 Å². The monoisotopic (exact) mass is 384 g/mol. The van der Waals surface area contributed by atoms with Crippen LogP contribution in [0, 0.1) is 11.3 Å². The van der Waals surface area contributed by atoms with Crippen LogP contribution in [0.25, 0.3) is 6.08 Å². The van der Waals surface area contributed by atoms with E-state index in [2.05, 4.69) is 21.2 Å². The lowest BCUT2D eigenvalue weighted by molar-refractivity contribution is -0.117. The molecule has 0 spiro atoms. The highest BCUT2D eigenvalue weighted by molar-refractivity contribution is 9.10. The maximum atomic E-state index is 12.2. The Morgan fingerprint density at radius 3 is 2.71 bits per heavy atom. The van der Waals surface area contributed by atoms with Crippen LogP contribution in [0.3, 0.4) is 0 Å². The Hall–Kier alpha value is -2.58. The standard InChI is InChI=1S/C19H17BrN2O2/c1-24-18-8-7-17(20)12-15(18)11-16(13-21)19(23)22-10-9-14-5-3-2-4-6-14/h2-8,11-12H,9-10H2,1H3,(H,22,23). The first-order valence-corrected chi connectivity index (χ1v) is 8.21. The van der Waals surface area contributed by atoms with E-state index in [1.165, 1.54) is 6.08 Å². The van der Waals surface area contributed by atoms with Crippen molar-refractivity contribution in [1.82, 2.24) is 5.32 Å². The fourth-order valence-corrected chi connectivity index (χ4v) is 2.56. The molecule has 1 N–H and O–H groups in total. The van der Waals surface area contributed by atoms with E-state index in [-0.39, 0.29) is 5.57 Å². The fraction of sp³-hybridized carbons (Fsp3) is 0.158. The lowest BCUT2D eigenvalue weighted by atomic mass is 10.1. The number of carbonyl (C=O) groups is 1. The number of amides is 1. The molecule has 2 rings (SSSR count). The molecular formula is C19H17BrN2O2. The molecule has 5 heteroatoms. The van der Waals surface area contributed by atoms with Gasteiger partial charge in [-0.05, 0) is 36.3 Å². The van der Waals surface area contributed by atoms with Crippen molar-refractivity contribution < 1.29 is 9.53 Å². The van der Waals surface area contributed by atoms with E-state index in [9.17, 15) is 10.1 Å². The summed E-state index contributed by atoms with van der Waals surface area (Å²) >= 11 is 3.37. The average molecular weight is 385 g/mol. The van der Waals surface area contributed by atoms with Gasteiger partial charge >= 0.3 is 0 Å². The van der Waals surface area contributed by atoms with Gasteiger partial charge in [-0.1, -0.05) is 46.3 Å². The number of halogens is 1. The first-order chi connectivity index (χ1) is 11.6. The summed E-state index contributed by atoms with van der Waals surface area (Å²) in [4.78, 5) is 12.2. The van der Waals surface area contributed by atoms with E-state index in [1.807, 2.05) is 42.5 Å². The highest BCUT2D eigenvalue weighted by Crippen LogP contribution is 2.25. The van der Waals surface area contributed by atoms with Gasteiger partial charge in [0.1, 0.15) is 17.4 Å². The summed E-state index contributed by atoms with van der Waals surface area (Å²) in [5, 5.41) is 12.0. The van der Waals surface area contributed by atoms with Crippen molar-refractivity contribution in [2.45, 2.75) is 6.42 Å². The zero-order chi connectivity index (χ0) is 17.4. The molecule has 0 radical (unpaired) electrons. The van der Waals surface area contributed by atoms with Gasteiger partial charge in [0.2, 0.25) is 0 Å². The highest BCUT2D eigenvalue weighted by Gasteiger charge is 2.10. The Morgan fingerprint density at radius 2 is 2.04 bits per heavy atom. The van der Waals surface area contributed by atoms with E-state index in [1.54, 1.807) is 19.2 Å². The van der Waals surface area contributed by atoms with Gasteiger partial charge in [-0.15, -0.1) is 0 Å². The predicted octanol–water partition coefficient (Wildman–Crippen LogP) is 3.72. The van der Waals surface area contributed by atoms with Crippen molar-refractivity contribution >= 4 is 27.9 Å². The number of nitrogens with one attached hydrogen (secondary N) is 1. The molecule has 0 saturated heterocycles. The Bertz CT molecular complexity index is 780. The van der Waals surface area contributed by atoms with Gasteiger partial charge < -0.3 is 10.1 Å². The quantitative estimate of drug-likeness (QED) is 0.609. The van der Waals surface area contributed by atoms with Gasteiger partial charge in [-0.25, -0.2) is 0 Å². The average Bonchev–Trinajstić information content (AvgIpc) is 2.60.